The van der Waals surface area contributed by atoms with Crippen molar-refractivity contribution < 1.29 is 0 Å². The quantitative estimate of drug-likeness (QED) is 0.643. The number of thiocarbonyl (C=S) groups is 1. The van der Waals surface area contributed by atoms with Gasteiger partial charge in [-0.2, -0.15) is 4.99 Å². The number of aryl methyl sites for hydroxylation is 1. The van der Waals surface area contributed by atoms with Crippen LogP contribution < -0.4 is 10.1 Å². The van der Waals surface area contributed by atoms with E-state index in [1.165, 1.54) is 11.1 Å². The number of nitrogens with one attached hydrogen (secondary N) is 1. The van der Waals surface area contributed by atoms with E-state index in [0.29, 0.717) is 5.11 Å². The lowest BCUT2D eigenvalue weighted by molar-refractivity contribution is 0.400. The zero-order valence-electron chi connectivity index (χ0n) is 14.0. The topological polar surface area (TPSA) is 32.6 Å². The maximum absolute atomic E-state index is 5.32. The molecule has 0 spiro atoms. The summed E-state index contributed by atoms with van der Waals surface area (Å²) < 4.78 is 2.13. The third kappa shape index (κ3) is 6.25. The molecule has 6 heteroatoms. The van der Waals surface area contributed by atoms with E-state index in [1.807, 2.05) is 5.38 Å². The third-order valence-electron chi connectivity index (χ3n) is 3.39. The monoisotopic (exact) mass is 348 g/mol. The molecule has 0 radical (unpaired) electrons. The van der Waals surface area contributed by atoms with Crippen LogP contribution in [0.1, 0.15) is 17.5 Å². The smallest absolute Gasteiger partial charge is 0.195 e. The first-order valence-corrected chi connectivity index (χ1v) is 9.00. The summed E-state index contributed by atoms with van der Waals surface area (Å²) >= 11 is 6.93. The zero-order chi connectivity index (χ0) is 16.7. The summed E-state index contributed by atoms with van der Waals surface area (Å²) in [5.74, 6) is 0. The molecular formula is C17H24N4S2. The number of benzene rings is 1. The van der Waals surface area contributed by atoms with Gasteiger partial charge in [-0.05, 0) is 51.8 Å². The molecule has 1 heterocycles. The molecule has 2 aromatic rings. The highest BCUT2D eigenvalue weighted by Crippen LogP contribution is 2.05. The van der Waals surface area contributed by atoms with Crippen molar-refractivity contribution in [2.75, 3.05) is 27.2 Å². The second-order valence-corrected chi connectivity index (χ2v) is 7.06. The zero-order valence-corrected chi connectivity index (χ0v) is 15.6. The second kappa shape index (κ2) is 8.96. The summed E-state index contributed by atoms with van der Waals surface area (Å²) in [6, 6.07) is 8.58. The van der Waals surface area contributed by atoms with Crippen molar-refractivity contribution in [2.24, 2.45) is 4.99 Å². The highest BCUT2D eigenvalue weighted by Gasteiger charge is 2.00. The molecule has 1 N–H and O–H groups in total. The van der Waals surface area contributed by atoms with Gasteiger partial charge in [0.05, 0.1) is 0 Å². The number of hydrogen-bond acceptors (Lipinski definition) is 3. The normalized spacial score (nSPS) is 11.9. The fourth-order valence-electron chi connectivity index (χ4n) is 2.11. The molecule has 0 saturated carbocycles. The molecule has 0 bridgehead atoms. The largest absolute Gasteiger partial charge is 0.361 e. The van der Waals surface area contributed by atoms with Crippen LogP contribution in [0.4, 0.5) is 0 Å². The van der Waals surface area contributed by atoms with Gasteiger partial charge >= 0.3 is 0 Å². The minimum Gasteiger partial charge on any atom is -0.361 e. The van der Waals surface area contributed by atoms with Crippen LogP contribution in [0.2, 0.25) is 0 Å². The molecule has 2 rings (SSSR count). The number of rotatable bonds is 6. The van der Waals surface area contributed by atoms with Gasteiger partial charge in [-0.15, -0.1) is 11.3 Å². The van der Waals surface area contributed by atoms with E-state index in [1.54, 1.807) is 11.3 Å². The minimum absolute atomic E-state index is 0.559. The standard InChI is InChI=1S/C17H24N4S2/c1-14-5-7-15(8-6-14)13-21-11-12-23-17(21)19-16(22)18-9-4-10-20(2)3/h5-8,11-12H,4,9-10,13H2,1-3H3,(H,18,22). The Bertz CT molecular complexity index is 683. The van der Waals surface area contributed by atoms with E-state index in [2.05, 4.69) is 71.3 Å². The summed E-state index contributed by atoms with van der Waals surface area (Å²) in [5.41, 5.74) is 2.54. The van der Waals surface area contributed by atoms with Gasteiger partial charge in [0.1, 0.15) is 0 Å². The minimum atomic E-state index is 0.559. The number of hydrogen-bond donors (Lipinski definition) is 1. The van der Waals surface area contributed by atoms with Gasteiger partial charge in [0.2, 0.25) is 0 Å². The molecule has 23 heavy (non-hydrogen) atoms. The molecule has 0 fully saturated rings. The summed E-state index contributed by atoms with van der Waals surface area (Å²) in [5, 5.41) is 5.81. The Morgan fingerprint density at radius 3 is 2.74 bits per heavy atom. The maximum atomic E-state index is 5.32. The van der Waals surface area contributed by atoms with Crippen LogP contribution in [0.3, 0.4) is 0 Å². The lowest BCUT2D eigenvalue weighted by Crippen LogP contribution is -2.27. The Balaban J connectivity index is 1.96. The average Bonchev–Trinajstić information content (AvgIpc) is 2.93. The Kier molecular flexibility index (Phi) is 6.95. The van der Waals surface area contributed by atoms with Gasteiger partial charge in [0, 0.05) is 24.7 Å². The molecule has 0 aliphatic carbocycles. The number of nitrogens with zero attached hydrogens (tertiary/aromatic N) is 3. The lowest BCUT2D eigenvalue weighted by atomic mass is 10.1. The van der Waals surface area contributed by atoms with E-state index in [4.69, 9.17) is 12.2 Å². The molecule has 4 nitrogen and oxygen atoms in total. The van der Waals surface area contributed by atoms with E-state index in [-0.39, 0.29) is 0 Å². The van der Waals surface area contributed by atoms with E-state index >= 15 is 0 Å². The molecule has 0 aliphatic rings. The number of thiazole rings is 1. The Morgan fingerprint density at radius 2 is 2.04 bits per heavy atom. The fourth-order valence-corrected chi connectivity index (χ4v) is 3.09. The predicted molar refractivity (Wildman–Crippen MR) is 102 cm³/mol. The van der Waals surface area contributed by atoms with Crippen LogP contribution in [0.5, 0.6) is 0 Å². The van der Waals surface area contributed by atoms with Gasteiger partial charge in [0.15, 0.2) is 9.91 Å². The molecule has 1 aromatic heterocycles. The van der Waals surface area contributed by atoms with Crippen LogP contribution >= 0.6 is 23.6 Å². The van der Waals surface area contributed by atoms with Gasteiger partial charge in [-0.1, -0.05) is 29.8 Å². The van der Waals surface area contributed by atoms with Crippen molar-refractivity contribution in [3.8, 4) is 0 Å². The first kappa shape index (κ1) is 17.8. The Morgan fingerprint density at radius 1 is 1.30 bits per heavy atom. The van der Waals surface area contributed by atoms with Crippen LogP contribution in [-0.2, 0) is 6.54 Å². The van der Waals surface area contributed by atoms with Crippen molar-refractivity contribution in [3.63, 3.8) is 0 Å². The highest BCUT2D eigenvalue weighted by atomic mass is 32.1. The van der Waals surface area contributed by atoms with Gasteiger partial charge in [-0.25, -0.2) is 0 Å². The van der Waals surface area contributed by atoms with Crippen molar-refractivity contribution in [3.05, 3.63) is 51.8 Å². The van der Waals surface area contributed by atoms with Crippen LogP contribution in [0.25, 0.3) is 0 Å². The molecule has 124 valence electrons. The fraction of sp³-hybridized carbons (Fsp3) is 0.412. The van der Waals surface area contributed by atoms with Crippen molar-refractivity contribution in [1.29, 1.82) is 0 Å². The predicted octanol–water partition coefficient (Wildman–Crippen LogP) is 2.63. The van der Waals surface area contributed by atoms with Crippen LogP contribution in [-0.4, -0.2) is 41.8 Å². The Hall–Kier alpha value is -1.50. The van der Waals surface area contributed by atoms with E-state index in [0.717, 1.165) is 30.9 Å². The van der Waals surface area contributed by atoms with Gasteiger partial charge in [0.25, 0.3) is 0 Å². The highest BCUT2D eigenvalue weighted by molar-refractivity contribution is 7.80. The van der Waals surface area contributed by atoms with Gasteiger partial charge < -0.3 is 14.8 Å². The molecule has 0 unspecified atom stereocenters. The molecule has 0 saturated heterocycles. The molecule has 0 atom stereocenters. The van der Waals surface area contributed by atoms with E-state index < -0.39 is 0 Å². The van der Waals surface area contributed by atoms with Crippen molar-refractivity contribution in [1.82, 2.24) is 14.8 Å². The lowest BCUT2D eigenvalue weighted by Gasteiger charge is -2.09. The first-order valence-electron chi connectivity index (χ1n) is 7.71. The van der Waals surface area contributed by atoms with Gasteiger partial charge in [-0.3, -0.25) is 0 Å². The molecule has 0 amide bonds. The second-order valence-electron chi connectivity index (χ2n) is 5.80. The SMILES string of the molecule is Cc1ccc(Cn2ccsc2=NC(=S)NCCCN(C)C)cc1. The van der Waals surface area contributed by atoms with E-state index in [9.17, 15) is 0 Å². The summed E-state index contributed by atoms with van der Waals surface area (Å²) in [6.45, 7) is 4.81. The molecule has 0 aliphatic heterocycles. The maximum Gasteiger partial charge on any atom is 0.195 e. The summed E-state index contributed by atoms with van der Waals surface area (Å²) in [7, 11) is 4.14. The summed E-state index contributed by atoms with van der Waals surface area (Å²) in [6.07, 6.45) is 3.11. The van der Waals surface area contributed by atoms with Crippen LogP contribution in [0, 0.1) is 6.92 Å². The first-order chi connectivity index (χ1) is 11.0. The molecular weight excluding hydrogens is 324 g/mol. The number of aromatic nitrogens is 1. The third-order valence-corrected chi connectivity index (χ3v) is 4.42. The molecule has 1 aromatic carbocycles. The van der Waals surface area contributed by atoms with Crippen molar-refractivity contribution >= 4 is 28.7 Å². The Labute approximate surface area is 147 Å². The summed E-state index contributed by atoms with van der Waals surface area (Å²) in [4.78, 5) is 7.63. The van der Waals surface area contributed by atoms with Crippen molar-refractivity contribution in [2.45, 2.75) is 19.9 Å². The van der Waals surface area contributed by atoms with Crippen LogP contribution in [0.15, 0.2) is 40.8 Å². The average molecular weight is 349 g/mol.